The summed E-state index contributed by atoms with van der Waals surface area (Å²) in [4.78, 5) is 7.73. The molecule has 106 valence electrons. The molecule has 1 aliphatic rings. The molecule has 0 unspecified atom stereocenters. The van der Waals surface area contributed by atoms with Gasteiger partial charge >= 0.3 is 0 Å². The highest BCUT2D eigenvalue weighted by Gasteiger charge is 2.24. The maximum absolute atomic E-state index is 13.6. The number of piperazine rings is 1. The molecular formula is C13H19F2N3O. The Morgan fingerprint density at radius 3 is 2.42 bits per heavy atom. The SMILES string of the molecule is CC(C)(O)CN1CCN(c2ncc(F)cc2F)CC1. The van der Waals surface area contributed by atoms with Crippen molar-refractivity contribution in [3.8, 4) is 0 Å². The Morgan fingerprint density at radius 2 is 1.89 bits per heavy atom. The number of halogens is 2. The lowest BCUT2D eigenvalue weighted by molar-refractivity contribution is 0.0344. The lowest BCUT2D eigenvalue weighted by Gasteiger charge is -2.37. The van der Waals surface area contributed by atoms with E-state index in [1.807, 2.05) is 0 Å². The number of aromatic nitrogens is 1. The fraction of sp³-hybridized carbons (Fsp3) is 0.615. The summed E-state index contributed by atoms with van der Waals surface area (Å²) in [5.74, 6) is -1.10. The highest BCUT2D eigenvalue weighted by molar-refractivity contribution is 5.40. The molecule has 0 saturated carbocycles. The van der Waals surface area contributed by atoms with Crippen molar-refractivity contribution in [2.24, 2.45) is 0 Å². The predicted molar refractivity (Wildman–Crippen MR) is 69.1 cm³/mol. The summed E-state index contributed by atoms with van der Waals surface area (Å²) in [5.41, 5.74) is -0.735. The molecule has 1 aromatic rings. The van der Waals surface area contributed by atoms with Crippen molar-refractivity contribution >= 4 is 5.82 Å². The Hall–Kier alpha value is -1.27. The zero-order valence-electron chi connectivity index (χ0n) is 11.2. The van der Waals surface area contributed by atoms with Crippen LogP contribution in [0.1, 0.15) is 13.8 Å². The lowest BCUT2D eigenvalue weighted by atomic mass is 10.1. The largest absolute Gasteiger partial charge is 0.389 e. The number of hydrogen-bond acceptors (Lipinski definition) is 4. The zero-order chi connectivity index (χ0) is 14.0. The van der Waals surface area contributed by atoms with E-state index in [1.165, 1.54) is 0 Å². The Morgan fingerprint density at radius 1 is 1.26 bits per heavy atom. The van der Waals surface area contributed by atoms with Gasteiger partial charge in [0, 0.05) is 38.8 Å². The molecule has 0 bridgehead atoms. The topological polar surface area (TPSA) is 39.6 Å². The van der Waals surface area contributed by atoms with E-state index in [1.54, 1.807) is 18.7 Å². The van der Waals surface area contributed by atoms with E-state index in [0.717, 1.165) is 25.4 Å². The van der Waals surface area contributed by atoms with E-state index in [0.29, 0.717) is 19.6 Å². The zero-order valence-corrected chi connectivity index (χ0v) is 11.2. The van der Waals surface area contributed by atoms with Crippen LogP contribution in [0, 0.1) is 11.6 Å². The first-order valence-electron chi connectivity index (χ1n) is 6.36. The standard InChI is InChI=1S/C13H19F2N3O/c1-13(2,19)9-17-3-5-18(6-4-17)12-11(15)7-10(14)8-16-12/h7-8,19H,3-6,9H2,1-2H3. The summed E-state index contributed by atoms with van der Waals surface area (Å²) in [6, 6.07) is 0.853. The summed E-state index contributed by atoms with van der Waals surface area (Å²) in [7, 11) is 0. The average Bonchev–Trinajstić information content (AvgIpc) is 2.28. The van der Waals surface area contributed by atoms with Gasteiger partial charge in [-0.05, 0) is 13.8 Å². The van der Waals surface area contributed by atoms with Gasteiger partial charge < -0.3 is 10.0 Å². The molecule has 1 fully saturated rings. The van der Waals surface area contributed by atoms with Crippen molar-refractivity contribution in [1.82, 2.24) is 9.88 Å². The average molecular weight is 271 g/mol. The van der Waals surface area contributed by atoms with Gasteiger partial charge in [0.2, 0.25) is 0 Å². The number of hydrogen-bond donors (Lipinski definition) is 1. The van der Waals surface area contributed by atoms with E-state index in [4.69, 9.17) is 0 Å². The third-order valence-corrected chi connectivity index (χ3v) is 3.07. The molecular weight excluding hydrogens is 252 g/mol. The van der Waals surface area contributed by atoms with Crippen LogP contribution in [-0.2, 0) is 0 Å². The molecule has 0 radical (unpaired) electrons. The summed E-state index contributed by atoms with van der Waals surface area (Å²) in [5, 5.41) is 9.76. The van der Waals surface area contributed by atoms with Crippen molar-refractivity contribution < 1.29 is 13.9 Å². The highest BCUT2D eigenvalue weighted by atomic mass is 19.1. The molecule has 6 heteroatoms. The molecule has 1 N–H and O–H groups in total. The summed E-state index contributed by atoms with van der Waals surface area (Å²) in [6.45, 7) is 6.80. The van der Waals surface area contributed by atoms with E-state index in [9.17, 15) is 13.9 Å². The summed E-state index contributed by atoms with van der Waals surface area (Å²) < 4.78 is 26.4. The monoisotopic (exact) mass is 271 g/mol. The number of β-amino-alcohol motifs (C(OH)–C–C–N with tert-alkyl or cyclic N) is 1. The molecule has 2 rings (SSSR count). The number of aliphatic hydroxyl groups is 1. The minimum Gasteiger partial charge on any atom is -0.389 e. The van der Waals surface area contributed by atoms with Gasteiger partial charge in [0.15, 0.2) is 11.6 Å². The normalized spacial score (nSPS) is 17.8. The van der Waals surface area contributed by atoms with Gasteiger partial charge in [-0.2, -0.15) is 0 Å². The van der Waals surface area contributed by atoms with Crippen LogP contribution in [0.25, 0.3) is 0 Å². The minimum atomic E-state index is -0.735. The van der Waals surface area contributed by atoms with Crippen LogP contribution in [0.15, 0.2) is 12.3 Å². The fourth-order valence-corrected chi connectivity index (χ4v) is 2.31. The Kier molecular flexibility index (Phi) is 4.01. The van der Waals surface area contributed by atoms with Gasteiger partial charge in [0.05, 0.1) is 11.8 Å². The lowest BCUT2D eigenvalue weighted by Crippen LogP contribution is -2.50. The van der Waals surface area contributed by atoms with Gasteiger partial charge in [-0.25, -0.2) is 13.8 Å². The maximum Gasteiger partial charge on any atom is 0.168 e. The molecule has 0 aliphatic carbocycles. The van der Waals surface area contributed by atoms with Crippen molar-refractivity contribution in [3.63, 3.8) is 0 Å². The Labute approximate surface area is 111 Å². The fourth-order valence-electron chi connectivity index (χ4n) is 2.31. The third-order valence-electron chi connectivity index (χ3n) is 3.07. The summed E-state index contributed by atoms with van der Waals surface area (Å²) >= 11 is 0. The van der Waals surface area contributed by atoms with E-state index >= 15 is 0 Å². The van der Waals surface area contributed by atoms with Gasteiger partial charge in [0.1, 0.15) is 5.82 Å². The molecule has 19 heavy (non-hydrogen) atoms. The van der Waals surface area contributed by atoms with Crippen molar-refractivity contribution in [3.05, 3.63) is 23.9 Å². The predicted octanol–water partition coefficient (Wildman–Crippen LogP) is 1.25. The van der Waals surface area contributed by atoms with Crippen molar-refractivity contribution in [2.45, 2.75) is 19.4 Å². The Bertz CT molecular complexity index is 440. The van der Waals surface area contributed by atoms with Crippen molar-refractivity contribution in [1.29, 1.82) is 0 Å². The van der Waals surface area contributed by atoms with Crippen LogP contribution in [-0.4, -0.2) is 53.3 Å². The van der Waals surface area contributed by atoms with E-state index < -0.39 is 17.2 Å². The van der Waals surface area contributed by atoms with Crippen LogP contribution >= 0.6 is 0 Å². The second-order valence-electron chi connectivity index (χ2n) is 5.53. The van der Waals surface area contributed by atoms with E-state index in [2.05, 4.69) is 9.88 Å². The number of pyridine rings is 1. The van der Waals surface area contributed by atoms with Gasteiger partial charge in [0.25, 0.3) is 0 Å². The van der Waals surface area contributed by atoms with Gasteiger partial charge in [-0.1, -0.05) is 0 Å². The molecule has 1 aromatic heterocycles. The molecule has 0 aromatic carbocycles. The quantitative estimate of drug-likeness (QED) is 0.898. The van der Waals surface area contributed by atoms with Crippen LogP contribution in [0.3, 0.4) is 0 Å². The van der Waals surface area contributed by atoms with Gasteiger partial charge in [-0.3, -0.25) is 4.90 Å². The summed E-state index contributed by atoms with van der Waals surface area (Å²) in [6.07, 6.45) is 1.03. The van der Waals surface area contributed by atoms with Crippen molar-refractivity contribution in [2.75, 3.05) is 37.6 Å². The molecule has 2 heterocycles. The number of rotatable bonds is 3. The third kappa shape index (κ3) is 3.84. The van der Waals surface area contributed by atoms with Crippen LogP contribution in [0.5, 0.6) is 0 Å². The molecule has 1 aliphatic heterocycles. The second-order valence-corrected chi connectivity index (χ2v) is 5.53. The highest BCUT2D eigenvalue weighted by Crippen LogP contribution is 2.19. The first-order chi connectivity index (χ1) is 8.85. The first kappa shape index (κ1) is 14.1. The number of anilines is 1. The maximum atomic E-state index is 13.6. The molecule has 0 atom stereocenters. The second kappa shape index (κ2) is 5.38. The Balaban J connectivity index is 1.96. The molecule has 0 spiro atoms. The molecule has 4 nitrogen and oxygen atoms in total. The van der Waals surface area contributed by atoms with Crippen LogP contribution < -0.4 is 4.90 Å². The molecule has 1 saturated heterocycles. The van der Waals surface area contributed by atoms with Gasteiger partial charge in [-0.15, -0.1) is 0 Å². The minimum absolute atomic E-state index is 0.198. The van der Waals surface area contributed by atoms with Crippen LogP contribution in [0.4, 0.5) is 14.6 Å². The first-order valence-corrected chi connectivity index (χ1v) is 6.36. The molecule has 0 amide bonds. The smallest absolute Gasteiger partial charge is 0.168 e. The number of nitrogens with zero attached hydrogens (tertiary/aromatic N) is 3. The van der Waals surface area contributed by atoms with Crippen LogP contribution in [0.2, 0.25) is 0 Å². The van der Waals surface area contributed by atoms with E-state index in [-0.39, 0.29) is 5.82 Å².